The van der Waals surface area contributed by atoms with Crippen LogP contribution in [0.5, 0.6) is 5.75 Å². The lowest BCUT2D eigenvalue weighted by atomic mass is 10.0. The largest absolute Gasteiger partial charge is 0.497 e. The average molecular weight is 370 g/mol. The highest BCUT2D eigenvalue weighted by molar-refractivity contribution is 6.03. The van der Waals surface area contributed by atoms with Gasteiger partial charge in [0.2, 0.25) is 0 Å². The quantitative estimate of drug-likeness (QED) is 0.882. The summed E-state index contributed by atoms with van der Waals surface area (Å²) in [5, 5.41) is 11.1. The number of aromatic nitrogens is 2. The number of methoxy groups -OCH3 is 1. The average Bonchev–Trinajstić information content (AvgIpc) is 3.17. The van der Waals surface area contributed by atoms with Crippen LogP contribution in [0.2, 0.25) is 0 Å². The van der Waals surface area contributed by atoms with E-state index >= 15 is 0 Å². The maximum absolute atomic E-state index is 12.3. The molecule has 2 fully saturated rings. The molecule has 2 saturated heterocycles. The van der Waals surface area contributed by atoms with Crippen LogP contribution in [0.1, 0.15) is 23.2 Å². The Bertz CT molecular complexity index is 796. The van der Waals surface area contributed by atoms with E-state index in [-0.39, 0.29) is 5.91 Å². The first kappa shape index (κ1) is 17.7. The predicted octanol–water partition coefficient (Wildman–Crippen LogP) is 2.08. The minimum Gasteiger partial charge on any atom is -0.497 e. The van der Waals surface area contributed by atoms with Crippen LogP contribution < -0.4 is 15.0 Å². The Hall–Kier alpha value is -2.71. The van der Waals surface area contributed by atoms with Crippen molar-refractivity contribution in [2.75, 3.05) is 43.6 Å². The molecule has 1 amide bonds. The van der Waals surface area contributed by atoms with Crippen molar-refractivity contribution in [1.82, 2.24) is 10.2 Å². The van der Waals surface area contributed by atoms with E-state index in [1.165, 1.54) is 0 Å². The minimum atomic E-state index is -0.408. The lowest BCUT2D eigenvalue weighted by molar-refractivity contribution is -0.169. The number of carbonyl (C=O) groups excluding carboxylic acids is 1. The van der Waals surface area contributed by atoms with Crippen molar-refractivity contribution in [3.05, 3.63) is 42.0 Å². The van der Waals surface area contributed by atoms with Gasteiger partial charge in [-0.25, -0.2) is 0 Å². The second-order valence-electron chi connectivity index (χ2n) is 6.56. The molecule has 2 aliphatic heterocycles. The predicted molar refractivity (Wildman–Crippen MR) is 99.1 cm³/mol. The molecule has 0 unspecified atom stereocenters. The molecule has 0 radical (unpaired) electrons. The number of rotatable bonds is 4. The van der Waals surface area contributed by atoms with E-state index in [0.717, 1.165) is 31.7 Å². The Labute approximate surface area is 157 Å². The Morgan fingerprint density at radius 1 is 1.15 bits per heavy atom. The maximum Gasteiger partial charge on any atom is 0.256 e. The molecule has 8 heteroatoms. The molecule has 2 aliphatic rings. The summed E-state index contributed by atoms with van der Waals surface area (Å²) in [4.78, 5) is 14.5. The second kappa shape index (κ2) is 7.50. The van der Waals surface area contributed by atoms with Gasteiger partial charge in [-0.05, 0) is 30.3 Å². The van der Waals surface area contributed by atoms with Gasteiger partial charge in [0.15, 0.2) is 17.4 Å². The van der Waals surface area contributed by atoms with Crippen LogP contribution in [0, 0.1) is 0 Å². The first-order valence-electron chi connectivity index (χ1n) is 8.99. The maximum atomic E-state index is 12.3. The van der Waals surface area contributed by atoms with E-state index in [4.69, 9.17) is 14.2 Å². The first-order chi connectivity index (χ1) is 13.2. The van der Waals surface area contributed by atoms with Crippen LogP contribution in [0.15, 0.2) is 36.4 Å². The van der Waals surface area contributed by atoms with Gasteiger partial charge in [-0.15, -0.1) is 10.2 Å². The molecule has 142 valence electrons. The molecular formula is C19H22N4O4. The standard InChI is InChI=1S/C19H22N4O4/c1-25-15-4-2-3-14(13-15)18(24)20-16-5-6-17(22-21-16)23-9-7-19(8-10-23)26-11-12-27-19/h2-6,13H,7-12H2,1H3,(H,20,21,24). The van der Waals surface area contributed by atoms with Crippen LogP contribution >= 0.6 is 0 Å². The fraction of sp³-hybridized carbons (Fsp3) is 0.421. The highest BCUT2D eigenvalue weighted by atomic mass is 16.7. The number of hydrogen-bond acceptors (Lipinski definition) is 7. The molecule has 1 aromatic carbocycles. The number of carbonyl (C=O) groups is 1. The van der Waals surface area contributed by atoms with Gasteiger partial charge in [0.25, 0.3) is 5.91 Å². The summed E-state index contributed by atoms with van der Waals surface area (Å²) in [5.74, 6) is 1.15. The molecule has 2 aromatic rings. The minimum absolute atomic E-state index is 0.258. The fourth-order valence-electron chi connectivity index (χ4n) is 3.38. The van der Waals surface area contributed by atoms with E-state index in [9.17, 15) is 4.79 Å². The molecule has 0 atom stereocenters. The molecule has 0 bridgehead atoms. The Morgan fingerprint density at radius 3 is 2.59 bits per heavy atom. The lowest BCUT2D eigenvalue weighted by Crippen LogP contribution is -2.45. The molecule has 1 spiro atoms. The highest BCUT2D eigenvalue weighted by Crippen LogP contribution is 2.32. The zero-order valence-electron chi connectivity index (χ0n) is 15.2. The second-order valence-corrected chi connectivity index (χ2v) is 6.56. The number of benzene rings is 1. The summed E-state index contributed by atoms with van der Waals surface area (Å²) < 4.78 is 16.6. The third kappa shape index (κ3) is 3.86. The van der Waals surface area contributed by atoms with Gasteiger partial charge >= 0.3 is 0 Å². The fourth-order valence-corrected chi connectivity index (χ4v) is 3.38. The summed E-state index contributed by atoms with van der Waals surface area (Å²) >= 11 is 0. The third-order valence-corrected chi connectivity index (χ3v) is 4.89. The number of nitrogens with zero attached hydrogens (tertiary/aromatic N) is 3. The van der Waals surface area contributed by atoms with E-state index in [1.54, 1.807) is 37.4 Å². The normalized spacial score (nSPS) is 18.5. The monoisotopic (exact) mass is 370 g/mol. The highest BCUT2D eigenvalue weighted by Gasteiger charge is 2.40. The van der Waals surface area contributed by atoms with Gasteiger partial charge in [0.1, 0.15) is 5.75 Å². The first-order valence-corrected chi connectivity index (χ1v) is 8.99. The Kier molecular flexibility index (Phi) is 4.91. The molecule has 8 nitrogen and oxygen atoms in total. The molecule has 4 rings (SSSR count). The molecule has 0 saturated carbocycles. The van der Waals surface area contributed by atoms with Gasteiger partial charge in [0, 0.05) is 31.5 Å². The number of piperidine rings is 1. The summed E-state index contributed by atoms with van der Waals surface area (Å²) in [6.45, 7) is 2.93. The number of anilines is 2. The van der Waals surface area contributed by atoms with Gasteiger partial charge in [-0.1, -0.05) is 6.07 Å². The molecule has 1 aromatic heterocycles. The van der Waals surface area contributed by atoms with Crippen molar-refractivity contribution < 1.29 is 19.0 Å². The molecule has 0 aliphatic carbocycles. The van der Waals surface area contributed by atoms with Crippen molar-refractivity contribution in [2.45, 2.75) is 18.6 Å². The summed E-state index contributed by atoms with van der Waals surface area (Å²) in [6, 6.07) is 10.6. The number of ether oxygens (including phenoxy) is 3. The van der Waals surface area contributed by atoms with Crippen molar-refractivity contribution in [3.63, 3.8) is 0 Å². The SMILES string of the molecule is COc1cccc(C(=O)Nc2ccc(N3CCC4(CC3)OCCO4)nn2)c1. The van der Waals surface area contributed by atoms with E-state index < -0.39 is 5.79 Å². The number of amides is 1. The Morgan fingerprint density at radius 2 is 1.93 bits per heavy atom. The Balaban J connectivity index is 1.37. The third-order valence-electron chi connectivity index (χ3n) is 4.89. The van der Waals surface area contributed by atoms with Crippen molar-refractivity contribution in [2.24, 2.45) is 0 Å². The van der Waals surface area contributed by atoms with Gasteiger partial charge in [0.05, 0.1) is 20.3 Å². The van der Waals surface area contributed by atoms with Crippen molar-refractivity contribution in [3.8, 4) is 5.75 Å². The zero-order valence-corrected chi connectivity index (χ0v) is 15.2. The van der Waals surface area contributed by atoms with Crippen molar-refractivity contribution in [1.29, 1.82) is 0 Å². The van der Waals surface area contributed by atoms with E-state index in [0.29, 0.717) is 30.3 Å². The van der Waals surface area contributed by atoms with Crippen LogP contribution in [0.3, 0.4) is 0 Å². The van der Waals surface area contributed by atoms with Gasteiger partial charge in [-0.3, -0.25) is 4.79 Å². The lowest BCUT2D eigenvalue weighted by Gasteiger charge is -2.37. The van der Waals surface area contributed by atoms with Gasteiger partial charge in [-0.2, -0.15) is 0 Å². The van der Waals surface area contributed by atoms with Crippen LogP contribution in [-0.2, 0) is 9.47 Å². The van der Waals surface area contributed by atoms with Crippen molar-refractivity contribution >= 4 is 17.5 Å². The summed E-state index contributed by atoms with van der Waals surface area (Å²) in [5.41, 5.74) is 0.498. The smallest absolute Gasteiger partial charge is 0.256 e. The zero-order chi connectivity index (χ0) is 18.7. The molecule has 27 heavy (non-hydrogen) atoms. The van der Waals surface area contributed by atoms with Crippen LogP contribution in [0.4, 0.5) is 11.6 Å². The molecule has 1 N–H and O–H groups in total. The van der Waals surface area contributed by atoms with Gasteiger partial charge < -0.3 is 24.4 Å². The number of hydrogen-bond donors (Lipinski definition) is 1. The number of nitrogens with one attached hydrogen (secondary N) is 1. The van der Waals surface area contributed by atoms with E-state index in [1.807, 2.05) is 6.07 Å². The van der Waals surface area contributed by atoms with E-state index in [2.05, 4.69) is 20.4 Å². The topological polar surface area (TPSA) is 85.8 Å². The molecular weight excluding hydrogens is 348 g/mol. The van der Waals surface area contributed by atoms with Crippen LogP contribution in [-0.4, -0.2) is 55.3 Å². The van der Waals surface area contributed by atoms with Crippen LogP contribution in [0.25, 0.3) is 0 Å². The summed E-state index contributed by atoms with van der Waals surface area (Å²) in [6.07, 6.45) is 1.62. The summed E-state index contributed by atoms with van der Waals surface area (Å²) in [7, 11) is 1.56. The molecule has 3 heterocycles.